The van der Waals surface area contributed by atoms with Crippen LogP contribution in [0.5, 0.6) is 0 Å². The van der Waals surface area contributed by atoms with Gasteiger partial charge in [-0.3, -0.25) is 4.90 Å². The number of benzene rings is 2. The number of halogens is 2. The number of aromatic amines is 1. The van der Waals surface area contributed by atoms with Gasteiger partial charge in [0.15, 0.2) is 5.82 Å². The van der Waals surface area contributed by atoms with Crippen molar-refractivity contribution >= 4 is 39.5 Å². The van der Waals surface area contributed by atoms with Crippen molar-refractivity contribution in [2.45, 2.75) is 37.8 Å². The number of nitrogens with one attached hydrogen (secondary N) is 2. The minimum Gasteiger partial charge on any atom is -0.383 e. The van der Waals surface area contributed by atoms with Gasteiger partial charge in [0.2, 0.25) is 5.95 Å². The monoisotopic (exact) mass is 557 g/mol. The van der Waals surface area contributed by atoms with E-state index in [-0.39, 0.29) is 5.52 Å². The largest absolute Gasteiger partial charge is 0.383 e. The molecule has 0 spiro atoms. The molecule has 2 fully saturated rings. The average molecular weight is 558 g/mol. The fourth-order valence-electron chi connectivity index (χ4n) is 6.47. The predicted octanol–water partition coefficient (Wildman–Crippen LogP) is 5.31. The molecule has 2 aliphatic rings. The Hall–Kier alpha value is -4.09. The maximum absolute atomic E-state index is 14.1. The zero-order valence-electron chi connectivity index (χ0n) is 22.9. The molecule has 212 valence electrons. The number of likely N-dealkylation sites (N-methyl/N-ethyl adjacent to an activating group) is 1. The first-order chi connectivity index (χ1) is 19.9. The number of piperazine rings is 1. The molecule has 4 heterocycles. The number of hydrogen-bond donors (Lipinski definition) is 3. The van der Waals surface area contributed by atoms with Crippen LogP contribution >= 0.6 is 0 Å². The first-order valence-electron chi connectivity index (χ1n) is 14.2. The number of H-pyrrole nitrogens is 1. The third-order valence-electron chi connectivity index (χ3n) is 8.72. The average Bonchev–Trinajstić information content (AvgIpc) is 3.56. The normalized spacial score (nSPS) is 20.7. The van der Waals surface area contributed by atoms with Gasteiger partial charge in [0.1, 0.15) is 29.1 Å². The second kappa shape index (κ2) is 10.4. The summed E-state index contributed by atoms with van der Waals surface area (Å²) < 4.78 is 30.0. The summed E-state index contributed by atoms with van der Waals surface area (Å²) in [6.07, 6.45) is 8.30. The summed E-state index contributed by atoms with van der Waals surface area (Å²) in [4.78, 5) is 21.2. The summed E-state index contributed by atoms with van der Waals surface area (Å²) >= 11 is 0. The maximum Gasteiger partial charge on any atom is 0.205 e. The van der Waals surface area contributed by atoms with Crippen LogP contribution in [-0.4, -0.2) is 73.6 Å². The van der Waals surface area contributed by atoms with Crippen LogP contribution in [0.2, 0.25) is 0 Å². The Kier molecular flexibility index (Phi) is 6.55. The second-order valence-corrected chi connectivity index (χ2v) is 11.3. The van der Waals surface area contributed by atoms with Gasteiger partial charge in [-0.05, 0) is 56.5 Å². The topological polar surface area (TPSA) is 104 Å². The molecule has 1 aliphatic heterocycles. The lowest BCUT2D eigenvalue weighted by atomic mass is 9.89. The van der Waals surface area contributed by atoms with E-state index in [1.165, 1.54) is 18.9 Å². The molecule has 0 atom stereocenters. The zero-order chi connectivity index (χ0) is 28.1. The highest BCUT2D eigenvalue weighted by Crippen LogP contribution is 2.39. The van der Waals surface area contributed by atoms with E-state index >= 15 is 0 Å². The molecule has 4 N–H and O–H groups in total. The molecule has 5 aromatic rings. The minimum absolute atomic E-state index is 0.0892. The van der Waals surface area contributed by atoms with Crippen molar-refractivity contribution in [2.75, 3.05) is 44.3 Å². The highest BCUT2D eigenvalue weighted by atomic mass is 19.1. The number of nitrogen functional groups attached to an aromatic ring is 1. The van der Waals surface area contributed by atoms with Gasteiger partial charge in [-0.25, -0.2) is 23.7 Å². The Balaban J connectivity index is 1.12. The Bertz CT molecular complexity index is 1700. The molecule has 9 nitrogen and oxygen atoms in total. The van der Waals surface area contributed by atoms with Crippen molar-refractivity contribution < 1.29 is 8.78 Å². The lowest BCUT2D eigenvalue weighted by Crippen LogP contribution is -2.49. The van der Waals surface area contributed by atoms with Crippen molar-refractivity contribution in [1.29, 1.82) is 0 Å². The van der Waals surface area contributed by atoms with Gasteiger partial charge in [-0.1, -0.05) is 12.1 Å². The minimum atomic E-state index is -0.705. The van der Waals surface area contributed by atoms with Crippen LogP contribution in [-0.2, 0) is 0 Å². The van der Waals surface area contributed by atoms with Gasteiger partial charge in [-0.15, -0.1) is 0 Å². The summed E-state index contributed by atoms with van der Waals surface area (Å²) in [7, 11) is 2.20. The number of rotatable bonds is 5. The summed E-state index contributed by atoms with van der Waals surface area (Å²) in [5.74, 6) is -0.559. The van der Waals surface area contributed by atoms with Crippen molar-refractivity contribution in [1.82, 2.24) is 34.3 Å². The molecule has 0 radical (unpaired) electrons. The Labute approximate surface area is 236 Å². The fraction of sp³-hybridized carbons (Fsp3) is 0.367. The van der Waals surface area contributed by atoms with E-state index in [9.17, 15) is 8.78 Å². The van der Waals surface area contributed by atoms with Gasteiger partial charge in [0.25, 0.3) is 0 Å². The van der Waals surface area contributed by atoms with E-state index in [2.05, 4.69) is 52.9 Å². The van der Waals surface area contributed by atoms with E-state index in [0.29, 0.717) is 29.4 Å². The van der Waals surface area contributed by atoms with Crippen molar-refractivity contribution in [3.63, 3.8) is 0 Å². The van der Waals surface area contributed by atoms with Crippen molar-refractivity contribution in [3.05, 3.63) is 60.6 Å². The molecule has 1 saturated heterocycles. The van der Waals surface area contributed by atoms with Gasteiger partial charge in [0, 0.05) is 61.8 Å². The number of aromatic nitrogens is 5. The van der Waals surface area contributed by atoms with Crippen LogP contribution in [0.1, 0.15) is 31.7 Å². The molecular weight excluding hydrogens is 524 g/mol. The maximum atomic E-state index is 14.1. The lowest BCUT2D eigenvalue weighted by molar-refractivity contribution is 0.0828. The Morgan fingerprint density at radius 2 is 1.68 bits per heavy atom. The van der Waals surface area contributed by atoms with Crippen LogP contribution in [0.25, 0.3) is 33.2 Å². The molecule has 7 rings (SSSR count). The van der Waals surface area contributed by atoms with E-state index in [1.807, 2.05) is 24.3 Å². The van der Waals surface area contributed by atoms with E-state index in [4.69, 9.17) is 5.73 Å². The highest BCUT2D eigenvalue weighted by Gasteiger charge is 2.30. The molecule has 1 aliphatic carbocycles. The highest BCUT2D eigenvalue weighted by molar-refractivity contribution is 6.00. The molecule has 0 amide bonds. The third-order valence-corrected chi connectivity index (χ3v) is 8.72. The molecule has 41 heavy (non-hydrogen) atoms. The molecule has 0 unspecified atom stereocenters. The first-order valence-corrected chi connectivity index (χ1v) is 14.2. The molecule has 2 aromatic carbocycles. The van der Waals surface area contributed by atoms with Crippen molar-refractivity contribution in [3.8, 4) is 11.1 Å². The Morgan fingerprint density at radius 1 is 0.951 bits per heavy atom. The molecule has 3 aromatic heterocycles. The number of fused-ring (bicyclic) bond motifs is 2. The van der Waals surface area contributed by atoms with Crippen LogP contribution in [0.15, 0.2) is 48.9 Å². The van der Waals surface area contributed by atoms with Crippen LogP contribution in [0.3, 0.4) is 0 Å². The molecule has 0 bridgehead atoms. The summed E-state index contributed by atoms with van der Waals surface area (Å²) in [5.41, 5.74) is 10.4. The Morgan fingerprint density at radius 3 is 2.44 bits per heavy atom. The van der Waals surface area contributed by atoms with E-state index in [1.54, 1.807) is 6.33 Å². The number of nitrogens with zero attached hydrogens (tertiary/aromatic N) is 6. The van der Waals surface area contributed by atoms with Gasteiger partial charge < -0.3 is 25.5 Å². The summed E-state index contributed by atoms with van der Waals surface area (Å²) in [6.45, 7) is 4.60. The number of anilines is 3. The van der Waals surface area contributed by atoms with Gasteiger partial charge in [0.05, 0.1) is 10.9 Å². The van der Waals surface area contributed by atoms with Gasteiger partial charge in [-0.2, -0.15) is 0 Å². The van der Waals surface area contributed by atoms with Crippen LogP contribution in [0.4, 0.5) is 26.2 Å². The smallest absolute Gasteiger partial charge is 0.205 e. The van der Waals surface area contributed by atoms with Crippen LogP contribution in [0, 0.1) is 11.6 Å². The predicted molar refractivity (Wildman–Crippen MR) is 157 cm³/mol. The van der Waals surface area contributed by atoms with E-state index < -0.39 is 11.6 Å². The summed E-state index contributed by atoms with van der Waals surface area (Å²) in [5, 5.41) is 4.01. The standard InChI is InChI=1S/C30H33F2N9/c1-39-10-12-40(13-11-39)21-6-8-22(9-7-21)41-16-23(26-28(33)34-17-35-29(26)41)18-2-4-20(5-3-18)36-30-37-25-15-19(31)14-24(32)27(25)38-30/h2-5,14-17,21-22H,6-13H2,1H3,(H2,33,34,35)(H2,36,37,38). The number of imidazole rings is 1. The molecular formula is C30H33F2N9. The SMILES string of the molecule is CN1CCN(C2CCC(n3cc(-c4ccc(Nc5nc6c(F)cc(F)cc6[nH]5)cc4)c4c(N)ncnc43)CC2)CC1. The zero-order valence-corrected chi connectivity index (χ0v) is 22.9. The second-order valence-electron chi connectivity index (χ2n) is 11.3. The summed E-state index contributed by atoms with van der Waals surface area (Å²) in [6, 6.07) is 10.9. The number of nitrogens with two attached hydrogens (primary N) is 1. The molecule has 1 saturated carbocycles. The molecule has 11 heteroatoms. The number of hydrogen-bond acceptors (Lipinski definition) is 7. The quantitative estimate of drug-likeness (QED) is 0.269. The van der Waals surface area contributed by atoms with E-state index in [0.717, 1.165) is 72.9 Å². The first kappa shape index (κ1) is 25.8. The van der Waals surface area contributed by atoms with Gasteiger partial charge >= 0.3 is 0 Å². The third kappa shape index (κ3) is 4.89. The van der Waals surface area contributed by atoms with Crippen LogP contribution < -0.4 is 11.1 Å². The van der Waals surface area contributed by atoms with Crippen molar-refractivity contribution in [2.24, 2.45) is 0 Å². The lowest BCUT2D eigenvalue weighted by Gasteiger charge is -2.41. The fourth-order valence-corrected chi connectivity index (χ4v) is 6.47.